The molecular weight excluding hydrogens is 308 g/mol. The molecule has 0 aliphatic heterocycles. The molecule has 0 heterocycles. The van der Waals surface area contributed by atoms with Crippen molar-refractivity contribution in [3.63, 3.8) is 0 Å². The van der Waals surface area contributed by atoms with Gasteiger partial charge in [0.1, 0.15) is 0 Å². The molecule has 0 saturated heterocycles. The van der Waals surface area contributed by atoms with Crippen molar-refractivity contribution in [2.45, 2.75) is 91.4 Å². The number of fused-ring (bicyclic) bond motifs is 5. The number of hydrogen-bond donors (Lipinski definition) is 1. The largest absolute Gasteiger partial charge is 0.481 e. The molecule has 8 atom stereocenters. The Balaban J connectivity index is 1.52. The fraction of sp³-hybridized carbons (Fsp3) is 0.957. The maximum Gasteiger partial charge on any atom is 0.303 e. The highest BCUT2D eigenvalue weighted by Gasteiger charge is 2.60. The molecule has 4 aliphatic carbocycles. The van der Waals surface area contributed by atoms with Gasteiger partial charge in [-0.05, 0) is 104 Å². The number of carboxylic acids is 1. The van der Waals surface area contributed by atoms with E-state index in [0.717, 1.165) is 36.0 Å². The summed E-state index contributed by atoms with van der Waals surface area (Å²) < 4.78 is 0. The van der Waals surface area contributed by atoms with E-state index in [4.69, 9.17) is 5.11 Å². The highest BCUT2D eigenvalue weighted by molar-refractivity contribution is 5.66. The Bertz CT molecular complexity index is 528. The smallest absolute Gasteiger partial charge is 0.303 e. The Morgan fingerprint density at radius 2 is 1.76 bits per heavy atom. The summed E-state index contributed by atoms with van der Waals surface area (Å²) >= 11 is 0. The summed E-state index contributed by atoms with van der Waals surface area (Å²) in [5.41, 5.74) is 1.14. The van der Waals surface area contributed by atoms with Crippen LogP contribution in [0.1, 0.15) is 91.4 Å². The van der Waals surface area contributed by atoms with Crippen LogP contribution < -0.4 is 0 Å². The van der Waals surface area contributed by atoms with E-state index in [-0.39, 0.29) is 0 Å². The molecule has 4 saturated carbocycles. The van der Waals surface area contributed by atoms with Crippen molar-refractivity contribution in [2.75, 3.05) is 0 Å². The molecule has 2 nitrogen and oxygen atoms in total. The molecule has 0 amide bonds. The van der Waals surface area contributed by atoms with Crippen LogP contribution >= 0.6 is 0 Å². The zero-order valence-corrected chi connectivity index (χ0v) is 16.6. The van der Waals surface area contributed by atoms with Gasteiger partial charge in [-0.3, -0.25) is 4.79 Å². The molecule has 25 heavy (non-hydrogen) atoms. The van der Waals surface area contributed by atoms with E-state index in [9.17, 15) is 4.79 Å². The molecule has 0 aromatic carbocycles. The van der Waals surface area contributed by atoms with Crippen LogP contribution in [-0.2, 0) is 4.79 Å². The second-order valence-electron chi connectivity index (χ2n) is 10.7. The molecule has 142 valence electrons. The Labute approximate surface area is 154 Å². The van der Waals surface area contributed by atoms with E-state index in [2.05, 4.69) is 20.8 Å². The lowest BCUT2D eigenvalue weighted by Gasteiger charge is -2.58. The maximum atomic E-state index is 11.0. The van der Waals surface area contributed by atoms with Crippen LogP contribution in [0.25, 0.3) is 0 Å². The standard InChI is InChI=1S/C23H38O2/c1-15(6-11-21(24)25)18-9-10-19-17-8-7-16-5-4-13-22(16,2)20(17)12-14-23(18,19)3/h15-20H,4-14H2,1-3H3,(H,24,25)/t15-,16?,17+,18-,19+,20+,22+,23-/m1/s1. The fourth-order valence-electron chi connectivity index (χ4n) is 8.66. The van der Waals surface area contributed by atoms with Gasteiger partial charge in [0, 0.05) is 6.42 Å². The van der Waals surface area contributed by atoms with Crippen molar-refractivity contribution >= 4 is 5.97 Å². The van der Waals surface area contributed by atoms with Crippen LogP contribution in [0.4, 0.5) is 0 Å². The van der Waals surface area contributed by atoms with Crippen LogP contribution in [0.15, 0.2) is 0 Å². The SMILES string of the molecule is C[C@H](CCC(=O)O)[C@H]1CC[C@H]2[C@@H]3CCC4CCC[C@]4(C)[C@H]3CC[C@]12C. The number of aliphatic carboxylic acids is 1. The number of carbonyl (C=O) groups is 1. The lowest BCUT2D eigenvalue weighted by molar-refractivity contribution is -0.137. The molecule has 0 radical (unpaired) electrons. The lowest BCUT2D eigenvalue weighted by Crippen LogP contribution is -2.50. The van der Waals surface area contributed by atoms with Gasteiger partial charge < -0.3 is 5.11 Å². The van der Waals surface area contributed by atoms with Gasteiger partial charge in [0.15, 0.2) is 0 Å². The number of carboxylic acid groups (broad SMARTS) is 1. The van der Waals surface area contributed by atoms with Gasteiger partial charge in [0.25, 0.3) is 0 Å². The van der Waals surface area contributed by atoms with Crippen molar-refractivity contribution in [3.05, 3.63) is 0 Å². The van der Waals surface area contributed by atoms with Crippen molar-refractivity contribution < 1.29 is 9.90 Å². The summed E-state index contributed by atoms with van der Waals surface area (Å²) in [7, 11) is 0. The summed E-state index contributed by atoms with van der Waals surface area (Å²) in [6.45, 7) is 7.57. The van der Waals surface area contributed by atoms with E-state index < -0.39 is 5.97 Å². The first-order valence-electron chi connectivity index (χ1n) is 11.1. The predicted octanol–water partition coefficient (Wildman–Crippen LogP) is 6.15. The highest BCUT2D eigenvalue weighted by Crippen LogP contribution is 2.68. The van der Waals surface area contributed by atoms with Gasteiger partial charge in [0.2, 0.25) is 0 Å². The minimum Gasteiger partial charge on any atom is -0.481 e. The molecule has 4 rings (SSSR count). The summed E-state index contributed by atoms with van der Waals surface area (Å²) in [6, 6.07) is 0. The zero-order valence-electron chi connectivity index (χ0n) is 16.6. The molecule has 1 N–H and O–H groups in total. The average Bonchev–Trinajstić information content (AvgIpc) is 3.12. The minimum absolute atomic E-state index is 0.351. The van der Waals surface area contributed by atoms with Crippen LogP contribution in [0.2, 0.25) is 0 Å². The summed E-state index contributed by atoms with van der Waals surface area (Å²) in [6.07, 6.45) is 14.3. The molecule has 1 unspecified atom stereocenters. The third-order valence-corrected chi connectivity index (χ3v) is 9.91. The van der Waals surface area contributed by atoms with Gasteiger partial charge in [0.05, 0.1) is 0 Å². The second-order valence-corrected chi connectivity index (χ2v) is 10.7. The normalized spacial score (nSPS) is 50.0. The molecule has 0 aromatic rings. The van der Waals surface area contributed by atoms with Gasteiger partial charge >= 0.3 is 5.97 Å². The fourth-order valence-corrected chi connectivity index (χ4v) is 8.66. The molecule has 4 fully saturated rings. The third-order valence-electron chi connectivity index (χ3n) is 9.91. The summed E-state index contributed by atoms with van der Waals surface area (Å²) in [4.78, 5) is 11.0. The average molecular weight is 347 g/mol. The number of hydrogen-bond acceptors (Lipinski definition) is 1. The van der Waals surface area contributed by atoms with E-state index in [1.165, 1.54) is 57.8 Å². The highest BCUT2D eigenvalue weighted by atomic mass is 16.4. The Morgan fingerprint density at radius 1 is 1.00 bits per heavy atom. The Hall–Kier alpha value is -0.530. The van der Waals surface area contributed by atoms with Gasteiger partial charge in [-0.15, -0.1) is 0 Å². The quantitative estimate of drug-likeness (QED) is 0.663. The monoisotopic (exact) mass is 346 g/mol. The van der Waals surface area contributed by atoms with Crippen LogP contribution in [-0.4, -0.2) is 11.1 Å². The summed E-state index contributed by atoms with van der Waals surface area (Å²) in [5.74, 6) is 4.59. The first-order valence-corrected chi connectivity index (χ1v) is 11.1. The molecular formula is C23H38O2. The van der Waals surface area contributed by atoms with Crippen molar-refractivity contribution in [1.82, 2.24) is 0 Å². The van der Waals surface area contributed by atoms with Crippen molar-refractivity contribution in [1.29, 1.82) is 0 Å². The van der Waals surface area contributed by atoms with E-state index >= 15 is 0 Å². The lowest BCUT2D eigenvalue weighted by atomic mass is 9.47. The van der Waals surface area contributed by atoms with Gasteiger partial charge in [-0.2, -0.15) is 0 Å². The second kappa shape index (κ2) is 6.27. The summed E-state index contributed by atoms with van der Waals surface area (Å²) in [5, 5.41) is 9.07. The topological polar surface area (TPSA) is 37.3 Å². The van der Waals surface area contributed by atoms with E-state index in [1.54, 1.807) is 0 Å². The van der Waals surface area contributed by atoms with E-state index in [0.29, 0.717) is 23.2 Å². The Kier molecular flexibility index (Phi) is 4.48. The molecule has 4 aliphatic rings. The van der Waals surface area contributed by atoms with Gasteiger partial charge in [-0.25, -0.2) is 0 Å². The minimum atomic E-state index is -0.622. The Morgan fingerprint density at radius 3 is 2.52 bits per heavy atom. The maximum absolute atomic E-state index is 11.0. The molecule has 0 aromatic heterocycles. The zero-order chi connectivity index (χ0) is 17.8. The first-order chi connectivity index (χ1) is 11.9. The van der Waals surface area contributed by atoms with Crippen molar-refractivity contribution in [3.8, 4) is 0 Å². The molecule has 2 heteroatoms. The third kappa shape index (κ3) is 2.69. The number of rotatable bonds is 4. The van der Waals surface area contributed by atoms with Crippen molar-refractivity contribution in [2.24, 2.45) is 46.3 Å². The van der Waals surface area contributed by atoms with Gasteiger partial charge in [-0.1, -0.05) is 27.2 Å². The van der Waals surface area contributed by atoms with Crippen LogP contribution in [0, 0.1) is 46.3 Å². The molecule has 0 bridgehead atoms. The van der Waals surface area contributed by atoms with E-state index in [1.807, 2.05) is 0 Å². The van der Waals surface area contributed by atoms with Crippen LogP contribution in [0.5, 0.6) is 0 Å². The molecule has 0 spiro atoms. The van der Waals surface area contributed by atoms with Crippen LogP contribution in [0.3, 0.4) is 0 Å². The predicted molar refractivity (Wildman–Crippen MR) is 101 cm³/mol. The first kappa shape index (κ1) is 17.9.